The van der Waals surface area contributed by atoms with Crippen LogP contribution >= 0.6 is 24.0 Å². The molecule has 1 aliphatic heterocycles. The van der Waals surface area contributed by atoms with Gasteiger partial charge in [-0.15, -0.1) is 0 Å². The molecular formula is C13H12N2O3S2. The molecule has 0 aliphatic carbocycles. The van der Waals surface area contributed by atoms with Crippen LogP contribution in [0.1, 0.15) is 18.9 Å². The van der Waals surface area contributed by atoms with Gasteiger partial charge in [0.2, 0.25) is 0 Å². The lowest BCUT2D eigenvalue weighted by molar-refractivity contribution is -0.145. The molecule has 1 aromatic heterocycles. The average molecular weight is 308 g/mol. The van der Waals surface area contributed by atoms with Crippen molar-refractivity contribution in [2.45, 2.75) is 19.4 Å². The molecule has 1 saturated heterocycles. The Morgan fingerprint density at radius 3 is 2.75 bits per heavy atom. The number of carbonyl (C=O) groups is 2. The van der Waals surface area contributed by atoms with Gasteiger partial charge in [0.1, 0.15) is 10.4 Å². The summed E-state index contributed by atoms with van der Waals surface area (Å²) in [5.74, 6) is -1.40. The number of carbonyl (C=O) groups excluding carboxylic acids is 1. The van der Waals surface area contributed by atoms with Gasteiger partial charge < -0.3 is 5.11 Å². The minimum atomic E-state index is -1.05. The first-order valence-corrected chi connectivity index (χ1v) is 7.17. The molecule has 0 saturated carbocycles. The molecule has 1 amide bonds. The highest BCUT2D eigenvalue weighted by atomic mass is 32.2. The van der Waals surface area contributed by atoms with Crippen molar-refractivity contribution in [1.29, 1.82) is 0 Å². The van der Waals surface area contributed by atoms with Crippen molar-refractivity contribution in [1.82, 2.24) is 9.88 Å². The van der Waals surface area contributed by atoms with E-state index in [4.69, 9.17) is 17.3 Å². The molecule has 1 aromatic rings. The van der Waals surface area contributed by atoms with E-state index in [-0.39, 0.29) is 10.2 Å². The number of pyridine rings is 1. The molecule has 1 fully saturated rings. The Bertz CT molecular complexity index is 587. The largest absolute Gasteiger partial charge is 0.480 e. The molecule has 0 radical (unpaired) electrons. The first-order chi connectivity index (χ1) is 9.54. The maximum atomic E-state index is 12.3. The number of aliphatic carboxylic acids is 1. The van der Waals surface area contributed by atoms with Crippen LogP contribution < -0.4 is 0 Å². The molecule has 20 heavy (non-hydrogen) atoms. The van der Waals surface area contributed by atoms with Crippen molar-refractivity contribution >= 4 is 46.3 Å². The molecular weight excluding hydrogens is 296 g/mol. The van der Waals surface area contributed by atoms with Crippen molar-refractivity contribution in [2.75, 3.05) is 0 Å². The van der Waals surface area contributed by atoms with Crippen molar-refractivity contribution < 1.29 is 14.7 Å². The number of rotatable bonds is 4. The molecule has 2 rings (SSSR count). The summed E-state index contributed by atoms with van der Waals surface area (Å²) in [5, 5.41) is 9.15. The number of thioether (sulfide) groups is 1. The van der Waals surface area contributed by atoms with Crippen molar-refractivity contribution in [2.24, 2.45) is 0 Å². The fourth-order valence-electron chi connectivity index (χ4n) is 1.83. The summed E-state index contributed by atoms with van der Waals surface area (Å²) in [7, 11) is 0. The number of amides is 1. The number of carboxylic acid groups (broad SMARTS) is 1. The zero-order valence-electron chi connectivity index (χ0n) is 10.6. The summed E-state index contributed by atoms with van der Waals surface area (Å²) in [6.07, 6.45) is 5.25. The lowest BCUT2D eigenvalue weighted by atomic mass is 10.2. The maximum absolute atomic E-state index is 12.3. The first-order valence-electron chi connectivity index (χ1n) is 5.94. The van der Waals surface area contributed by atoms with Crippen molar-refractivity contribution in [3.63, 3.8) is 0 Å². The third-order valence-electron chi connectivity index (χ3n) is 2.81. The van der Waals surface area contributed by atoms with Crippen molar-refractivity contribution in [3.05, 3.63) is 35.0 Å². The predicted octanol–water partition coefficient (Wildman–Crippen LogP) is 2.15. The maximum Gasteiger partial charge on any atom is 0.326 e. The molecule has 104 valence electrons. The molecule has 7 heteroatoms. The summed E-state index contributed by atoms with van der Waals surface area (Å²) < 4.78 is 0.282. The average Bonchev–Trinajstić information content (AvgIpc) is 2.68. The lowest BCUT2D eigenvalue weighted by Crippen LogP contribution is -2.43. The highest BCUT2D eigenvalue weighted by Gasteiger charge is 2.39. The Morgan fingerprint density at radius 1 is 1.55 bits per heavy atom. The molecule has 1 aliphatic rings. The summed E-state index contributed by atoms with van der Waals surface area (Å²) >= 11 is 6.25. The van der Waals surface area contributed by atoms with E-state index in [1.54, 1.807) is 37.5 Å². The fraction of sp³-hybridized carbons (Fsp3) is 0.231. The van der Waals surface area contributed by atoms with E-state index in [1.165, 1.54) is 4.90 Å². The van der Waals surface area contributed by atoms with E-state index in [1.807, 2.05) is 0 Å². The minimum Gasteiger partial charge on any atom is -0.480 e. The topological polar surface area (TPSA) is 70.5 Å². The van der Waals surface area contributed by atoms with Crippen LogP contribution in [0, 0.1) is 0 Å². The van der Waals surface area contributed by atoms with Gasteiger partial charge in [-0.1, -0.05) is 30.9 Å². The second kappa shape index (κ2) is 6.15. The molecule has 0 bridgehead atoms. The van der Waals surface area contributed by atoms with Crippen LogP contribution in [0.3, 0.4) is 0 Å². The van der Waals surface area contributed by atoms with Gasteiger partial charge in [-0.25, -0.2) is 4.79 Å². The van der Waals surface area contributed by atoms with Crippen molar-refractivity contribution in [3.8, 4) is 0 Å². The smallest absolute Gasteiger partial charge is 0.326 e. The molecule has 1 N–H and O–H groups in total. The second-order valence-corrected chi connectivity index (χ2v) is 5.77. The Labute approximate surface area is 125 Å². The van der Waals surface area contributed by atoms with Crippen LogP contribution in [0.5, 0.6) is 0 Å². The monoisotopic (exact) mass is 308 g/mol. The second-order valence-electron chi connectivity index (χ2n) is 4.09. The Hall–Kier alpha value is -1.73. The third kappa shape index (κ3) is 2.88. The van der Waals surface area contributed by atoms with E-state index in [9.17, 15) is 9.59 Å². The molecule has 0 aromatic carbocycles. The van der Waals surface area contributed by atoms with Gasteiger partial charge >= 0.3 is 5.97 Å². The quantitative estimate of drug-likeness (QED) is 0.679. The van der Waals surface area contributed by atoms with Crippen LogP contribution in [-0.2, 0) is 9.59 Å². The van der Waals surface area contributed by atoms with Crippen LogP contribution in [-0.4, -0.2) is 37.2 Å². The zero-order chi connectivity index (χ0) is 14.7. The predicted molar refractivity (Wildman–Crippen MR) is 81.0 cm³/mol. The van der Waals surface area contributed by atoms with Crippen LogP contribution in [0.2, 0.25) is 0 Å². The summed E-state index contributed by atoms with van der Waals surface area (Å²) in [4.78, 5) is 29.0. The highest BCUT2D eigenvalue weighted by molar-refractivity contribution is 8.26. The molecule has 1 atom stereocenters. The molecule has 1 unspecified atom stereocenters. The molecule has 0 spiro atoms. The standard InChI is InChI=1S/C13H12N2O3S2/c1-2-9(12(17)18)15-11(16)10(20-13(15)19)7-8-3-5-14-6-4-8/h3-7,9H,2H2,1H3,(H,17,18)/b10-7+. The Morgan fingerprint density at radius 2 is 2.20 bits per heavy atom. The van der Waals surface area contributed by atoms with Gasteiger partial charge in [0.05, 0.1) is 4.91 Å². The van der Waals surface area contributed by atoms with Crippen LogP contribution in [0.4, 0.5) is 0 Å². The van der Waals surface area contributed by atoms with E-state index in [0.29, 0.717) is 11.3 Å². The zero-order valence-corrected chi connectivity index (χ0v) is 12.3. The number of nitrogens with zero attached hydrogens (tertiary/aromatic N) is 2. The lowest BCUT2D eigenvalue weighted by Gasteiger charge is -2.21. The molecule has 5 nitrogen and oxygen atoms in total. The van der Waals surface area contributed by atoms with E-state index >= 15 is 0 Å². The Balaban J connectivity index is 2.29. The summed E-state index contributed by atoms with van der Waals surface area (Å²) in [5.41, 5.74) is 0.823. The van der Waals surface area contributed by atoms with Crippen LogP contribution in [0.15, 0.2) is 29.4 Å². The first kappa shape index (κ1) is 14.7. The van der Waals surface area contributed by atoms with Gasteiger partial charge in [0.25, 0.3) is 5.91 Å². The number of carboxylic acids is 1. The van der Waals surface area contributed by atoms with Crippen LogP contribution in [0.25, 0.3) is 6.08 Å². The van der Waals surface area contributed by atoms with Gasteiger partial charge in [0.15, 0.2) is 0 Å². The Kier molecular flexibility index (Phi) is 4.51. The normalized spacial score (nSPS) is 18.6. The number of hydrogen-bond acceptors (Lipinski definition) is 5. The number of thiocarbonyl (C=S) groups is 1. The van der Waals surface area contributed by atoms with E-state index in [2.05, 4.69) is 4.98 Å². The van der Waals surface area contributed by atoms with Gasteiger partial charge in [-0.05, 0) is 30.2 Å². The van der Waals surface area contributed by atoms with E-state index in [0.717, 1.165) is 17.3 Å². The fourth-order valence-corrected chi connectivity index (χ4v) is 3.18. The third-order valence-corrected chi connectivity index (χ3v) is 4.14. The van der Waals surface area contributed by atoms with Gasteiger partial charge in [-0.2, -0.15) is 0 Å². The number of aromatic nitrogens is 1. The SMILES string of the molecule is CCC(C(=O)O)N1C(=O)/C(=C\c2ccncc2)SC1=S. The summed E-state index contributed by atoms with van der Waals surface area (Å²) in [6, 6.07) is 2.62. The highest BCUT2D eigenvalue weighted by Crippen LogP contribution is 2.34. The van der Waals surface area contributed by atoms with E-state index < -0.39 is 12.0 Å². The minimum absolute atomic E-state index is 0.282. The number of hydrogen-bond donors (Lipinski definition) is 1. The summed E-state index contributed by atoms with van der Waals surface area (Å²) in [6.45, 7) is 1.71. The van der Waals surface area contributed by atoms with Gasteiger partial charge in [-0.3, -0.25) is 14.7 Å². The van der Waals surface area contributed by atoms with Gasteiger partial charge in [0, 0.05) is 12.4 Å². The molecule has 2 heterocycles.